The molecule has 0 bridgehead atoms. The van der Waals surface area contributed by atoms with Gasteiger partial charge in [-0.2, -0.15) is 5.90 Å². The Bertz CT molecular complexity index is 1160. The van der Waals surface area contributed by atoms with Gasteiger partial charge >= 0.3 is 12.0 Å². The zero-order chi connectivity index (χ0) is 33.2. The molecular formula is C33H55N7O6. The molecule has 0 aromatic heterocycles. The number of hydrogen-bond donors (Lipinski definition) is 3. The largest absolute Gasteiger partial charge is 0.373 e. The molecule has 5 fully saturated rings. The van der Waals surface area contributed by atoms with E-state index in [0.29, 0.717) is 31.2 Å². The van der Waals surface area contributed by atoms with Crippen LogP contribution in [0.4, 0.5) is 4.79 Å². The average molecular weight is 646 g/mol. The van der Waals surface area contributed by atoms with Gasteiger partial charge in [0.1, 0.15) is 0 Å². The van der Waals surface area contributed by atoms with Crippen LogP contribution >= 0.6 is 0 Å². The van der Waals surface area contributed by atoms with Gasteiger partial charge in [-0.05, 0) is 89.9 Å². The fraction of sp³-hybridized carbons (Fsp3) is 0.848. The van der Waals surface area contributed by atoms with Gasteiger partial charge in [0, 0.05) is 50.7 Å². The maximum absolute atomic E-state index is 13.6. The summed E-state index contributed by atoms with van der Waals surface area (Å²) in [6.45, 7) is 4.62. The van der Waals surface area contributed by atoms with E-state index in [1.807, 2.05) is 18.7 Å². The minimum Gasteiger partial charge on any atom is -0.373 e. The number of hydrogen-bond acceptors (Lipinski definition) is 9. The second-order valence-electron chi connectivity index (χ2n) is 15.0. The van der Waals surface area contributed by atoms with Crippen molar-refractivity contribution in [3.8, 4) is 0 Å². The van der Waals surface area contributed by atoms with Crippen molar-refractivity contribution in [3.05, 3.63) is 0 Å². The Morgan fingerprint density at radius 1 is 0.978 bits per heavy atom. The number of carbonyl (C=O) groups is 5. The predicted octanol–water partition coefficient (Wildman–Crippen LogP) is 2.08. The third-order valence-corrected chi connectivity index (χ3v) is 11.8. The molecule has 13 heteroatoms. The van der Waals surface area contributed by atoms with Gasteiger partial charge in [-0.3, -0.25) is 24.2 Å². The Kier molecular flexibility index (Phi) is 10.9. The molecular weight excluding hydrogens is 590 g/mol. The van der Waals surface area contributed by atoms with Crippen LogP contribution in [0.3, 0.4) is 0 Å². The molecule has 5 unspecified atom stereocenters. The van der Waals surface area contributed by atoms with Crippen molar-refractivity contribution in [1.29, 1.82) is 0 Å². The van der Waals surface area contributed by atoms with Crippen molar-refractivity contribution >= 4 is 29.6 Å². The van der Waals surface area contributed by atoms with Crippen molar-refractivity contribution < 1.29 is 28.8 Å². The number of fused-ring (bicyclic) bond motifs is 2. The fourth-order valence-corrected chi connectivity index (χ4v) is 8.94. The molecule has 3 saturated carbocycles. The van der Waals surface area contributed by atoms with E-state index in [9.17, 15) is 24.0 Å². The van der Waals surface area contributed by atoms with Crippen molar-refractivity contribution in [1.82, 2.24) is 25.0 Å². The van der Waals surface area contributed by atoms with Crippen molar-refractivity contribution in [3.63, 3.8) is 0 Å². The van der Waals surface area contributed by atoms with Gasteiger partial charge in [0.05, 0.1) is 24.4 Å². The minimum absolute atomic E-state index is 0.00505. The first kappa shape index (κ1) is 34.6. The van der Waals surface area contributed by atoms with Crippen LogP contribution in [0.2, 0.25) is 0 Å². The molecule has 13 nitrogen and oxygen atoms in total. The number of rotatable bonds is 9. The van der Waals surface area contributed by atoms with E-state index in [-0.39, 0.29) is 67.2 Å². The van der Waals surface area contributed by atoms with Crippen LogP contribution in [0.1, 0.15) is 104 Å². The second kappa shape index (κ2) is 14.6. The number of amides is 4. The average Bonchev–Trinajstić information content (AvgIpc) is 3.46. The number of nitrogens with zero attached hydrogens (tertiary/aromatic N) is 4. The molecule has 5 N–H and O–H groups in total. The van der Waals surface area contributed by atoms with E-state index >= 15 is 0 Å². The van der Waals surface area contributed by atoms with Crippen molar-refractivity contribution in [2.75, 3.05) is 26.7 Å². The molecule has 258 valence electrons. The van der Waals surface area contributed by atoms with Gasteiger partial charge in [0.15, 0.2) is 5.78 Å². The first-order valence-corrected chi connectivity index (χ1v) is 17.5. The predicted molar refractivity (Wildman–Crippen MR) is 170 cm³/mol. The SMILES string of the molecule is CN1C(=O)CN(CCC(=O)ON)C(=O)C2CC(NC(C)(C)C(=O)CC3CCC(N(N)C(=O)N4CCC5CCCCC54)CC3)CCC21. The lowest BCUT2D eigenvalue weighted by molar-refractivity contribution is -0.146. The molecule has 46 heavy (non-hydrogen) atoms. The molecule has 2 saturated heterocycles. The number of nitrogens with two attached hydrogens (primary N) is 2. The van der Waals surface area contributed by atoms with Gasteiger partial charge in [-0.15, -0.1) is 0 Å². The Labute approximate surface area is 273 Å². The molecule has 5 aliphatic rings. The molecule has 0 aromatic carbocycles. The number of likely N-dealkylation sites (tertiary alicyclic amines) is 1. The zero-order valence-corrected chi connectivity index (χ0v) is 28.0. The van der Waals surface area contributed by atoms with Crippen LogP contribution in [0.5, 0.6) is 0 Å². The third-order valence-electron chi connectivity index (χ3n) is 11.8. The summed E-state index contributed by atoms with van der Waals surface area (Å²) in [6, 6.07) is 0.0325. The Balaban J connectivity index is 1.11. The van der Waals surface area contributed by atoms with Gasteiger partial charge in [0.2, 0.25) is 11.8 Å². The maximum atomic E-state index is 13.6. The fourth-order valence-electron chi connectivity index (χ4n) is 8.94. The maximum Gasteiger partial charge on any atom is 0.334 e. The van der Waals surface area contributed by atoms with Crippen LogP contribution in [-0.4, -0.2) is 106 Å². The molecule has 4 amide bonds. The van der Waals surface area contributed by atoms with Crippen LogP contribution < -0.4 is 17.1 Å². The quantitative estimate of drug-likeness (QED) is 0.193. The molecule has 0 radical (unpaired) electrons. The smallest absolute Gasteiger partial charge is 0.334 e. The molecule has 5 rings (SSSR count). The number of carbonyl (C=O) groups excluding carboxylic acids is 5. The Hall–Kier alpha value is -2.77. The van der Waals surface area contributed by atoms with E-state index in [1.165, 1.54) is 29.2 Å². The normalized spacial score (nSPS) is 32.0. The molecule has 5 atom stereocenters. The number of hydrazine groups is 1. The number of likely N-dealkylation sites (N-methyl/N-ethyl adjacent to an activating group) is 1. The lowest BCUT2D eigenvalue weighted by Gasteiger charge is -2.42. The highest BCUT2D eigenvalue weighted by Gasteiger charge is 2.46. The highest BCUT2D eigenvalue weighted by molar-refractivity contribution is 5.90. The zero-order valence-electron chi connectivity index (χ0n) is 28.0. The standard InChI is InChI=1S/C33H55N7O6/c1-33(2,36-23-10-13-27-25(19-23)31(44)38(16-15-30(43)46-35)20-29(42)37(27)3)28(41)18-21-8-11-24(12-9-21)40(34)32(45)39-17-14-22-6-4-5-7-26(22)39/h21-27,36H,4-20,34-35H2,1-3H3. The number of Topliss-reactive ketones (excluding diaryl/α,β-unsaturated/α-hetero) is 1. The molecule has 0 spiro atoms. The number of urea groups is 1. The number of ketones is 1. The highest BCUT2D eigenvalue weighted by atomic mass is 16.7. The summed E-state index contributed by atoms with van der Waals surface area (Å²) in [4.78, 5) is 74.3. The van der Waals surface area contributed by atoms with Crippen LogP contribution in [0.15, 0.2) is 0 Å². The minimum atomic E-state index is -0.781. The highest BCUT2D eigenvalue weighted by Crippen LogP contribution is 2.38. The Morgan fingerprint density at radius 2 is 1.70 bits per heavy atom. The van der Waals surface area contributed by atoms with E-state index in [2.05, 4.69) is 10.2 Å². The summed E-state index contributed by atoms with van der Waals surface area (Å²) < 4.78 is 0. The summed E-state index contributed by atoms with van der Waals surface area (Å²) in [7, 11) is 1.74. The van der Waals surface area contributed by atoms with Crippen LogP contribution in [0, 0.1) is 17.8 Å². The molecule has 0 aromatic rings. The first-order valence-electron chi connectivity index (χ1n) is 17.5. The van der Waals surface area contributed by atoms with Crippen molar-refractivity contribution in [2.45, 2.75) is 133 Å². The van der Waals surface area contributed by atoms with E-state index in [0.717, 1.165) is 51.5 Å². The van der Waals surface area contributed by atoms with E-state index in [1.54, 1.807) is 11.9 Å². The Morgan fingerprint density at radius 3 is 2.41 bits per heavy atom. The van der Waals surface area contributed by atoms with Gasteiger partial charge < -0.3 is 24.9 Å². The van der Waals surface area contributed by atoms with Gasteiger partial charge in [-0.25, -0.2) is 10.6 Å². The summed E-state index contributed by atoms with van der Waals surface area (Å²) in [6.07, 6.45) is 11.4. The van der Waals surface area contributed by atoms with Gasteiger partial charge in [0.25, 0.3) is 0 Å². The third kappa shape index (κ3) is 7.52. The second-order valence-corrected chi connectivity index (χ2v) is 15.0. The van der Waals surface area contributed by atoms with Crippen LogP contribution in [0.25, 0.3) is 0 Å². The summed E-state index contributed by atoms with van der Waals surface area (Å²) >= 11 is 0. The summed E-state index contributed by atoms with van der Waals surface area (Å²) in [5.41, 5.74) is -0.781. The van der Waals surface area contributed by atoms with Crippen molar-refractivity contribution in [2.24, 2.45) is 29.5 Å². The molecule has 2 heterocycles. The number of nitrogens with one attached hydrogen (secondary N) is 1. The summed E-state index contributed by atoms with van der Waals surface area (Å²) in [5, 5.41) is 5.05. The first-order chi connectivity index (χ1) is 21.9. The van der Waals surface area contributed by atoms with Gasteiger partial charge in [-0.1, -0.05) is 12.8 Å². The lowest BCUT2D eigenvalue weighted by atomic mass is 9.77. The monoisotopic (exact) mass is 645 g/mol. The van der Waals surface area contributed by atoms with Crippen LogP contribution in [-0.2, 0) is 24.0 Å². The summed E-state index contributed by atoms with van der Waals surface area (Å²) in [5.74, 6) is 11.0. The van der Waals surface area contributed by atoms with E-state index in [4.69, 9.17) is 11.7 Å². The lowest BCUT2D eigenvalue weighted by Crippen LogP contribution is -2.57. The van der Waals surface area contributed by atoms with E-state index < -0.39 is 17.4 Å². The topological polar surface area (TPSA) is 172 Å². The molecule has 2 aliphatic heterocycles. The molecule has 3 aliphatic carbocycles.